The fourth-order valence-electron chi connectivity index (χ4n) is 3.00. The van der Waals surface area contributed by atoms with Crippen LogP contribution in [0.25, 0.3) is 6.08 Å². The Bertz CT molecular complexity index is 813. The van der Waals surface area contributed by atoms with Gasteiger partial charge in [-0.2, -0.15) is 0 Å². The first-order chi connectivity index (χ1) is 13.0. The molecule has 5 nitrogen and oxygen atoms in total. The van der Waals surface area contributed by atoms with Gasteiger partial charge in [-0.25, -0.2) is 0 Å². The monoisotopic (exact) mass is 408 g/mol. The lowest BCUT2D eigenvalue weighted by molar-refractivity contribution is -0.116. The molecule has 0 bridgehead atoms. The van der Waals surface area contributed by atoms with Gasteiger partial charge in [0.15, 0.2) is 0 Å². The summed E-state index contributed by atoms with van der Waals surface area (Å²) >= 11 is 12.1. The van der Waals surface area contributed by atoms with Crippen LogP contribution in [0.15, 0.2) is 40.8 Å². The van der Waals surface area contributed by atoms with Crippen molar-refractivity contribution in [3.05, 3.63) is 63.5 Å². The molecule has 1 aliphatic rings. The molecule has 0 radical (unpaired) electrons. The number of nitrogens with zero attached hydrogens (tertiary/aromatic N) is 1. The van der Waals surface area contributed by atoms with Crippen LogP contribution in [0.2, 0.25) is 10.0 Å². The predicted molar refractivity (Wildman–Crippen MR) is 107 cm³/mol. The van der Waals surface area contributed by atoms with Crippen molar-refractivity contribution in [1.82, 2.24) is 10.2 Å². The van der Waals surface area contributed by atoms with E-state index in [1.807, 2.05) is 19.1 Å². The Morgan fingerprint density at radius 1 is 1.26 bits per heavy atom. The molecule has 0 spiro atoms. The average molecular weight is 409 g/mol. The summed E-state index contributed by atoms with van der Waals surface area (Å²) in [5.41, 5.74) is 0.700. The molecule has 1 aromatic carbocycles. The van der Waals surface area contributed by atoms with Crippen molar-refractivity contribution in [3.8, 4) is 0 Å². The molecule has 1 aromatic heterocycles. The van der Waals surface area contributed by atoms with E-state index in [1.54, 1.807) is 24.3 Å². The van der Waals surface area contributed by atoms with Crippen molar-refractivity contribution in [2.45, 2.75) is 13.0 Å². The van der Waals surface area contributed by atoms with Crippen molar-refractivity contribution in [1.29, 1.82) is 0 Å². The highest BCUT2D eigenvalue weighted by Gasteiger charge is 2.25. The number of rotatable bonds is 6. The van der Waals surface area contributed by atoms with E-state index in [-0.39, 0.29) is 11.9 Å². The molecule has 1 unspecified atom stereocenters. The van der Waals surface area contributed by atoms with Gasteiger partial charge >= 0.3 is 0 Å². The highest BCUT2D eigenvalue weighted by molar-refractivity contribution is 6.34. The summed E-state index contributed by atoms with van der Waals surface area (Å²) in [5.74, 6) is 1.49. The maximum atomic E-state index is 12.3. The molecule has 1 saturated heterocycles. The van der Waals surface area contributed by atoms with E-state index in [9.17, 15) is 4.79 Å². The number of aryl methyl sites for hydroxylation is 1. The van der Waals surface area contributed by atoms with Crippen molar-refractivity contribution < 1.29 is 13.9 Å². The zero-order valence-electron chi connectivity index (χ0n) is 15.1. The minimum Gasteiger partial charge on any atom is -0.465 e. The lowest BCUT2D eigenvalue weighted by Gasteiger charge is -2.33. The zero-order valence-corrected chi connectivity index (χ0v) is 16.6. The number of carbonyl (C=O) groups excluding carboxylic acids is 1. The fraction of sp³-hybridized carbons (Fsp3) is 0.350. The van der Waals surface area contributed by atoms with E-state index in [1.165, 1.54) is 6.08 Å². The minimum absolute atomic E-state index is 0.0327. The summed E-state index contributed by atoms with van der Waals surface area (Å²) in [7, 11) is 0. The number of halogens is 2. The van der Waals surface area contributed by atoms with E-state index in [4.69, 9.17) is 32.4 Å². The van der Waals surface area contributed by atoms with Crippen LogP contribution in [0.5, 0.6) is 0 Å². The van der Waals surface area contributed by atoms with Gasteiger partial charge in [0.05, 0.1) is 19.3 Å². The topological polar surface area (TPSA) is 54.7 Å². The number of hydrogen-bond donors (Lipinski definition) is 1. The minimum atomic E-state index is -0.201. The van der Waals surface area contributed by atoms with Crippen LogP contribution in [-0.2, 0) is 9.53 Å². The van der Waals surface area contributed by atoms with Crippen LogP contribution >= 0.6 is 23.2 Å². The lowest BCUT2D eigenvalue weighted by Crippen LogP contribution is -2.43. The van der Waals surface area contributed by atoms with Gasteiger partial charge in [0.25, 0.3) is 0 Å². The van der Waals surface area contributed by atoms with Gasteiger partial charge in [-0.1, -0.05) is 23.2 Å². The molecule has 1 N–H and O–H groups in total. The summed E-state index contributed by atoms with van der Waals surface area (Å²) in [6, 6.07) is 8.99. The van der Waals surface area contributed by atoms with Gasteiger partial charge in [0.1, 0.15) is 11.5 Å². The Labute approximate surface area is 168 Å². The second-order valence-corrected chi connectivity index (χ2v) is 7.20. The molecular formula is C20H22Cl2N2O3. The Hall–Kier alpha value is -1.79. The molecular weight excluding hydrogens is 387 g/mol. The highest BCUT2D eigenvalue weighted by Crippen LogP contribution is 2.24. The molecule has 2 heterocycles. The molecule has 7 heteroatoms. The maximum Gasteiger partial charge on any atom is 0.244 e. The van der Waals surface area contributed by atoms with Crippen LogP contribution in [0.3, 0.4) is 0 Å². The largest absolute Gasteiger partial charge is 0.465 e. The standard InChI is InChI=1S/C20H22Cl2N2O3/c1-14-2-6-19(27-14)18(24-8-10-26-11-9-24)13-23-20(25)7-3-15-12-16(21)4-5-17(15)22/h2-7,12,18H,8-11,13H2,1H3,(H,23,25)/b7-3+. The molecule has 1 fully saturated rings. The number of benzene rings is 1. The predicted octanol–water partition coefficient (Wildman–Crippen LogP) is 4.10. The molecule has 0 saturated carbocycles. The number of hydrogen-bond acceptors (Lipinski definition) is 4. The zero-order chi connectivity index (χ0) is 19.2. The fourth-order valence-corrected chi connectivity index (χ4v) is 3.36. The molecule has 1 amide bonds. The Balaban J connectivity index is 1.64. The third kappa shape index (κ3) is 5.59. The summed E-state index contributed by atoms with van der Waals surface area (Å²) in [6.07, 6.45) is 3.12. The quantitative estimate of drug-likeness (QED) is 0.730. The third-order valence-corrected chi connectivity index (χ3v) is 5.00. The Morgan fingerprint density at radius 2 is 2.04 bits per heavy atom. The first kappa shape index (κ1) is 20.0. The van der Waals surface area contributed by atoms with Crippen LogP contribution in [0.4, 0.5) is 0 Å². The van der Waals surface area contributed by atoms with E-state index in [0.29, 0.717) is 35.4 Å². The second kappa shape index (κ2) is 9.42. The molecule has 27 heavy (non-hydrogen) atoms. The summed E-state index contributed by atoms with van der Waals surface area (Å²) in [4.78, 5) is 14.6. The van der Waals surface area contributed by atoms with Crippen LogP contribution in [-0.4, -0.2) is 43.7 Å². The van der Waals surface area contributed by atoms with E-state index >= 15 is 0 Å². The normalized spacial score (nSPS) is 16.6. The van der Waals surface area contributed by atoms with E-state index in [2.05, 4.69) is 10.2 Å². The molecule has 0 aliphatic carbocycles. The number of nitrogens with one attached hydrogen (secondary N) is 1. The summed E-state index contributed by atoms with van der Waals surface area (Å²) in [5, 5.41) is 4.06. The van der Waals surface area contributed by atoms with E-state index in [0.717, 1.165) is 24.6 Å². The SMILES string of the molecule is Cc1ccc(C(CNC(=O)/C=C/c2cc(Cl)ccc2Cl)N2CCOCC2)o1. The number of furan rings is 1. The van der Waals surface area contributed by atoms with Crippen molar-refractivity contribution in [3.63, 3.8) is 0 Å². The molecule has 2 aromatic rings. The maximum absolute atomic E-state index is 12.3. The molecule has 144 valence electrons. The third-order valence-electron chi connectivity index (χ3n) is 4.42. The average Bonchev–Trinajstić information content (AvgIpc) is 3.09. The van der Waals surface area contributed by atoms with Gasteiger partial charge in [-0.05, 0) is 48.9 Å². The highest BCUT2D eigenvalue weighted by atomic mass is 35.5. The first-order valence-corrected chi connectivity index (χ1v) is 9.57. The lowest BCUT2D eigenvalue weighted by atomic mass is 10.1. The van der Waals surface area contributed by atoms with Crippen LogP contribution in [0, 0.1) is 6.92 Å². The van der Waals surface area contributed by atoms with E-state index < -0.39 is 0 Å². The summed E-state index contributed by atoms with van der Waals surface area (Å²) < 4.78 is 11.2. The number of carbonyl (C=O) groups is 1. The molecule has 3 rings (SSSR count). The first-order valence-electron chi connectivity index (χ1n) is 8.82. The smallest absolute Gasteiger partial charge is 0.244 e. The van der Waals surface area contributed by atoms with Gasteiger partial charge in [0, 0.05) is 35.8 Å². The number of amides is 1. The number of ether oxygens (including phenoxy) is 1. The van der Waals surface area contributed by atoms with Crippen molar-refractivity contribution in [2.75, 3.05) is 32.8 Å². The van der Waals surface area contributed by atoms with Crippen LogP contribution in [0.1, 0.15) is 23.1 Å². The van der Waals surface area contributed by atoms with Crippen LogP contribution < -0.4 is 5.32 Å². The number of morpholine rings is 1. The van der Waals surface area contributed by atoms with Crippen molar-refractivity contribution >= 4 is 35.2 Å². The Kier molecular flexibility index (Phi) is 6.96. The molecule has 1 atom stereocenters. The Morgan fingerprint density at radius 3 is 2.74 bits per heavy atom. The van der Waals surface area contributed by atoms with Crippen molar-refractivity contribution in [2.24, 2.45) is 0 Å². The van der Waals surface area contributed by atoms with Gasteiger partial charge in [0.2, 0.25) is 5.91 Å². The van der Waals surface area contributed by atoms with Gasteiger partial charge in [-0.15, -0.1) is 0 Å². The summed E-state index contributed by atoms with van der Waals surface area (Å²) in [6.45, 7) is 5.31. The van der Waals surface area contributed by atoms with Gasteiger partial charge in [-0.3, -0.25) is 9.69 Å². The van der Waals surface area contributed by atoms with Gasteiger partial charge < -0.3 is 14.5 Å². The molecule has 1 aliphatic heterocycles. The second-order valence-electron chi connectivity index (χ2n) is 6.36.